The molecular formula is C17H19N5O2S. The number of carbonyl (C=O) groups is 1. The highest BCUT2D eigenvalue weighted by Gasteiger charge is 2.15. The number of aryl methyl sites for hydroxylation is 1. The Morgan fingerprint density at radius 2 is 2.00 bits per heavy atom. The number of thioether (sulfide) groups is 1. The van der Waals surface area contributed by atoms with Gasteiger partial charge in [0.2, 0.25) is 5.89 Å². The standard InChI is InChI=1S/C17H19N5O2S/c1-3-22-14(9-10-18-22)16(23)19-17-21-20-15(24-17)11-12-5-7-13(8-6-12)25-4-2/h5-10H,3-4,11H2,1-2H3,(H,19,21,23). The molecule has 0 unspecified atom stereocenters. The van der Waals surface area contributed by atoms with Crippen LogP contribution in [0.1, 0.15) is 35.8 Å². The Morgan fingerprint density at radius 3 is 2.72 bits per heavy atom. The summed E-state index contributed by atoms with van der Waals surface area (Å²) < 4.78 is 7.12. The largest absolute Gasteiger partial charge is 0.407 e. The van der Waals surface area contributed by atoms with Crippen LogP contribution >= 0.6 is 11.8 Å². The van der Waals surface area contributed by atoms with Crippen molar-refractivity contribution in [2.45, 2.75) is 31.7 Å². The normalized spacial score (nSPS) is 10.8. The Kier molecular flexibility index (Phi) is 5.49. The molecule has 3 aromatic rings. The fraction of sp³-hybridized carbons (Fsp3) is 0.294. The topological polar surface area (TPSA) is 85.8 Å². The molecule has 0 aliphatic heterocycles. The molecule has 2 aromatic heterocycles. The van der Waals surface area contributed by atoms with E-state index in [1.165, 1.54) is 4.90 Å². The molecule has 1 aromatic carbocycles. The summed E-state index contributed by atoms with van der Waals surface area (Å²) in [6, 6.07) is 9.97. The molecule has 7 nitrogen and oxygen atoms in total. The van der Waals surface area contributed by atoms with Gasteiger partial charge in [-0.2, -0.15) is 5.10 Å². The zero-order chi connectivity index (χ0) is 17.6. The Morgan fingerprint density at radius 1 is 1.20 bits per heavy atom. The maximum atomic E-state index is 12.2. The Bertz CT molecular complexity index is 841. The maximum Gasteiger partial charge on any atom is 0.322 e. The molecule has 3 rings (SSSR count). The van der Waals surface area contributed by atoms with E-state index >= 15 is 0 Å². The van der Waals surface area contributed by atoms with Crippen LogP contribution < -0.4 is 5.32 Å². The Hall–Kier alpha value is -2.61. The molecule has 0 atom stereocenters. The van der Waals surface area contributed by atoms with E-state index in [-0.39, 0.29) is 11.9 Å². The monoisotopic (exact) mass is 357 g/mol. The summed E-state index contributed by atoms with van der Waals surface area (Å²) in [5, 5.41) is 14.5. The van der Waals surface area contributed by atoms with Crippen LogP contribution in [0.25, 0.3) is 0 Å². The number of amides is 1. The number of nitrogens with zero attached hydrogens (tertiary/aromatic N) is 4. The molecule has 2 heterocycles. The molecular weight excluding hydrogens is 338 g/mol. The highest BCUT2D eigenvalue weighted by molar-refractivity contribution is 7.99. The summed E-state index contributed by atoms with van der Waals surface area (Å²) >= 11 is 1.80. The van der Waals surface area contributed by atoms with Gasteiger partial charge < -0.3 is 4.42 Å². The third-order valence-electron chi connectivity index (χ3n) is 3.53. The fourth-order valence-corrected chi connectivity index (χ4v) is 3.02. The third kappa shape index (κ3) is 4.27. The number of benzene rings is 1. The predicted molar refractivity (Wildman–Crippen MR) is 95.8 cm³/mol. The SMILES string of the molecule is CCSc1ccc(Cc2nnc(NC(=O)c3ccnn3CC)o2)cc1. The fourth-order valence-electron chi connectivity index (χ4n) is 2.36. The van der Waals surface area contributed by atoms with Gasteiger partial charge in [0, 0.05) is 17.6 Å². The van der Waals surface area contributed by atoms with Crippen LogP contribution in [0.15, 0.2) is 45.8 Å². The second-order valence-corrected chi connectivity index (χ2v) is 6.58. The maximum absolute atomic E-state index is 12.2. The van der Waals surface area contributed by atoms with Gasteiger partial charge in [-0.1, -0.05) is 24.2 Å². The number of rotatable bonds is 7. The lowest BCUT2D eigenvalue weighted by Crippen LogP contribution is -2.17. The van der Waals surface area contributed by atoms with Crippen LogP contribution in [0, 0.1) is 0 Å². The lowest BCUT2D eigenvalue weighted by atomic mass is 10.1. The van der Waals surface area contributed by atoms with Gasteiger partial charge in [-0.25, -0.2) is 0 Å². The van der Waals surface area contributed by atoms with Gasteiger partial charge in [0.15, 0.2) is 0 Å². The minimum Gasteiger partial charge on any atom is -0.407 e. The summed E-state index contributed by atoms with van der Waals surface area (Å²) in [4.78, 5) is 13.5. The number of hydrogen-bond donors (Lipinski definition) is 1. The van der Waals surface area contributed by atoms with Crippen molar-refractivity contribution < 1.29 is 9.21 Å². The second-order valence-electron chi connectivity index (χ2n) is 5.24. The van der Waals surface area contributed by atoms with Crippen molar-refractivity contribution in [3.8, 4) is 0 Å². The highest BCUT2D eigenvalue weighted by atomic mass is 32.2. The summed E-state index contributed by atoms with van der Waals surface area (Å²) in [5.41, 5.74) is 1.53. The van der Waals surface area contributed by atoms with Gasteiger partial charge in [0.1, 0.15) is 5.69 Å². The van der Waals surface area contributed by atoms with E-state index in [1.807, 2.05) is 19.1 Å². The molecule has 0 bridgehead atoms. The van der Waals surface area contributed by atoms with Crippen molar-refractivity contribution in [2.75, 3.05) is 11.1 Å². The molecule has 0 saturated carbocycles. The molecule has 1 N–H and O–H groups in total. The van der Waals surface area contributed by atoms with Gasteiger partial charge in [-0.15, -0.1) is 16.9 Å². The zero-order valence-electron chi connectivity index (χ0n) is 14.1. The number of carbonyl (C=O) groups excluding carboxylic acids is 1. The van der Waals surface area contributed by atoms with E-state index in [0.29, 0.717) is 24.6 Å². The first kappa shape index (κ1) is 17.2. The van der Waals surface area contributed by atoms with Gasteiger partial charge in [0.25, 0.3) is 5.91 Å². The molecule has 130 valence electrons. The molecule has 0 fully saturated rings. The Labute approximate surface area is 149 Å². The molecule has 25 heavy (non-hydrogen) atoms. The highest BCUT2D eigenvalue weighted by Crippen LogP contribution is 2.19. The summed E-state index contributed by atoms with van der Waals surface area (Å²) in [6.45, 7) is 4.65. The molecule has 0 aliphatic rings. The zero-order valence-corrected chi connectivity index (χ0v) is 14.9. The summed E-state index contributed by atoms with van der Waals surface area (Å²) in [6.07, 6.45) is 2.10. The summed E-state index contributed by atoms with van der Waals surface area (Å²) in [7, 11) is 0. The third-order valence-corrected chi connectivity index (χ3v) is 4.42. The van der Waals surface area contributed by atoms with E-state index < -0.39 is 0 Å². The van der Waals surface area contributed by atoms with E-state index in [2.05, 4.69) is 39.7 Å². The molecule has 0 spiro atoms. The smallest absolute Gasteiger partial charge is 0.322 e. The number of aromatic nitrogens is 4. The van der Waals surface area contributed by atoms with Crippen LogP contribution in [-0.4, -0.2) is 31.6 Å². The number of hydrogen-bond acceptors (Lipinski definition) is 6. The van der Waals surface area contributed by atoms with Crippen LogP contribution in [0.4, 0.5) is 6.01 Å². The van der Waals surface area contributed by atoms with Crippen molar-refractivity contribution in [2.24, 2.45) is 0 Å². The predicted octanol–water partition coefficient (Wildman–Crippen LogP) is 3.24. The quantitative estimate of drug-likeness (QED) is 0.653. The van der Waals surface area contributed by atoms with Gasteiger partial charge in [-0.3, -0.25) is 14.8 Å². The number of nitrogens with one attached hydrogen (secondary N) is 1. The van der Waals surface area contributed by atoms with Crippen molar-refractivity contribution >= 4 is 23.7 Å². The lowest BCUT2D eigenvalue weighted by Gasteiger charge is -2.03. The lowest BCUT2D eigenvalue weighted by molar-refractivity contribution is 0.101. The molecule has 8 heteroatoms. The molecule has 0 aliphatic carbocycles. The average molecular weight is 357 g/mol. The first-order valence-electron chi connectivity index (χ1n) is 8.07. The molecule has 0 radical (unpaired) electrons. The van der Waals surface area contributed by atoms with Crippen LogP contribution in [-0.2, 0) is 13.0 Å². The number of anilines is 1. The van der Waals surface area contributed by atoms with E-state index in [1.54, 1.807) is 28.7 Å². The van der Waals surface area contributed by atoms with E-state index in [0.717, 1.165) is 11.3 Å². The van der Waals surface area contributed by atoms with E-state index in [9.17, 15) is 4.79 Å². The van der Waals surface area contributed by atoms with Crippen LogP contribution in [0.2, 0.25) is 0 Å². The van der Waals surface area contributed by atoms with Crippen molar-refractivity contribution in [3.63, 3.8) is 0 Å². The minimum absolute atomic E-state index is 0.0852. The van der Waals surface area contributed by atoms with Crippen molar-refractivity contribution in [1.29, 1.82) is 0 Å². The molecule has 0 saturated heterocycles. The van der Waals surface area contributed by atoms with Crippen LogP contribution in [0.5, 0.6) is 0 Å². The second kappa shape index (κ2) is 7.98. The van der Waals surface area contributed by atoms with Gasteiger partial charge >= 0.3 is 6.01 Å². The average Bonchev–Trinajstić information content (AvgIpc) is 3.26. The van der Waals surface area contributed by atoms with Crippen LogP contribution in [0.3, 0.4) is 0 Å². The first-order chi connectivity index (χ1) is 12.2. The Balaban J connectivity index is 1.63. The van der Waals surface area contributed by atoms with E-state index in [4.69, 9.17) is 4.42 Å². The van der Waals surface area contributed by atoms with Gasteiger partial charge in [0.05, 0.1) is 6.42 Å². The van der Waals surface area contributed by atoms with Crippen molar-refractivity contribution in [3.05, 3.63) is 53.7 Å². The van der Waals surface area contributed by atoms with Crippen molar-refractivity contribution in [1.82, 2.24) is 20.0 Å². The first-order valence-corrected chi connectivity index (χ1v) is 9.05. The summed E-state index contributed by atoms with van der Waals surface area (Å²) in [5.74, 6) is 1.17. The minimum atomic E-state index is -0.324. The molecule has 1 amide bonds. The van der Waals surface area contributed by atoms with Gasteiger partial charge in [-0.05, 0) is 36.4 Å².